The first-order valence-electron chi connectivity index (χ1n) is 10.5. The monoisotopic (exact) mass is 434 g/mol. The SMILES string of the molecule is CCOCCOc1ccccc1C(=O)Oc1ccc(C(=O)OCCc2ccccc2)cc1. The van der Waals surface area contributed by atoms with Crippen molar-refractivity contribution in [1.82, 2.24) is 0 Å². The molecular formula is C26H26O6. The summed E-state index contributed by atoms with van der Waals surface area (Å²) >= 11 is 0. The second-order valence-electron chi connectivity index (χ2n) is 6.83. The molecule has 3 aromatic rings. The van der Waals surface area contributed by atoms with Crippen molar-refractivity contribution < 1.29 is 28.5 Å². The van der Waals surface area contributed by atoms with Gasteiger partial charge in [-0.3, -0.25) is 0 Å². The van der Waals surface area contributed by atoms with Gasteiger partial charge in [-0.05, 0) is 48.9 Å². The summed E-state index contributed by atoms with van der Waals surface area (Å²) in [5.74, 6) is -0.224. The predicted octanol–water partition coefficient (Wildman–Crippen LogP) is 4.72. The molecule has 0 fully saturated rings. The molecule has 0 aliphatic heterocycles. The fraction of sp³-hybridized carbons (Fsp3) is 0.231. The van der Waals surface area contributed by atoms with Crippen molar-refractivity contribution >= 4 is 11.9 Å². The molecule has 3 rings (SSSR count). The Balaban J connectivity index is 1.53. The summed E-state index contributed by atoms with van der Waals surface area (Å²) < 4.78 is 21.6. The third kappa shape index (κ3) is 6.96. The Morgan fingerprint density at radius 2 is 1.47 bits per heavy atom. The summed E-state index contributed by atoms with van der Waals surface area (Å²) in [6, 6.07) is 22.9. The largest absolute Gasteiger partial charge is 0.490 e. The van der Waals surface area contributed by atoms with Crippen molar-refractivity contribution in [1.29, 1.82) is 0 Å². The lowest BCUT2D eigenvalue weighted by molar-refractivity contribution is 0.0509. The Labute approximate surface area is 187 Å². The van der Waals surface area contributed by atoms with E-state index < -0.39 is 11.9 Å². The van der Waals surface area contributed by atoms with Gasteiger partial charge < -0.3 is 18.9 Å². The van der Waals surface area contributed by atoms with Crippen LogP contribution in [0.2, 0.25) is 0 Å². The molecule has 0 aliphatic rings. The van der Waals surface area contributed by atoms with E-state index in [1.165, 1.54) is 0 Å². The third-order valence-electron chi connectivity index (χ3n) is 4.56. The maximum Gasteiger partial charge on any atom is 0.347 e. The van der Waals surface area contributed by atoms with Crippen LogP contribution in [-0.4, -0.2) is 38.4 Å². The van der Waals surface area contributed by atoms with E-state index >= 15 is 0 Å². The molecule has 0 aromatic heterocycles. The molecule has 3 aromatic carbocycles. The molecule has 6 nitrogen and oxygen atoms in total. The number of esters is 2. The standard InChI is InChI=1S/C26H26O6/c1-2-29-18-19-30-24-11-7-6-10-23(24)26(28)32-22-14-12-21(13-15-22)25(27)31-17-16-20-8-4-3-5-9-20/h3-15H,2,16-19H2,1H3. The Morgan fingerprint density at radius 3 is 2.22 bits per heavy atom. The maximum atomic E-state index is 12.6. The zero-order chi connectivity index (χ0) is 22.6. The summed E-state index contributed by atoms with van der Waals surface area (Å²) in [5, 5.41) is 0. The van der Waals surface area contributed by atoms with Gasteiger partial charge in [0.25, 0.3) is 0 Å². The van der Waals surface area contributed by atoms with E-state index in [2.05, 4.69) is 0 Å². The van der Waals surface area contributed by atoms with Crippen molar-refractivity contribution in [3.05, 3.63) is 95.6 Å². The van der Waals surface area contributed by atoms with E-state index in [0.717, 1.165) is 5.56 Å². The summed E-state index contributed by atoms with van der Waals surface area (Å²) in [4.78, 5) is 24.8. The highest BCUT2D eigenvalue weighted by Gasteiger charge is 2.15. The number of ether oxygens (including phenoxy) is 4. The van der Waals surface area contributed by atoms with Crippen molar-refractivity contribution in [2.24, 2.45) is 0 Å². The minimum atomic E-state index is -0.546. The van der Waals surface area contributed by atoms with Gasteiger partial charge in [-0.25, -0.2) is 9.59 Å². The van der Waals surface area contributed by atoms with Crippen molar-refractivity contribution in [3.8, 4) is 11.5 Å². The molecule has 0 saturated heterocycles. The summed E-state index contributed by atoms with van der Waals surface area (Å²) in [7, 11) is 0. The highest BCUT2D eigenvalue weighted by Crippen LogP contribution is 2.21. The van der Waals surface area contributed by atoms with Gasteiger partial charge in [0.15, 0.2) is 0 Å². The van der Waals surface area contributed by atoms with Crippen molar-refractivity contribution in [3.63, 3.8) is 0 Å². The molecule has 0 N–H and O–H groups in total. The van der Waals surface area contributed by atoms with E-state index in [-0.39, 0.29) is 0 Å². The highest BCUT2D eigenvalue weighted by atomic mass is 16.5. The minimum Gasteiger partial charge on any atom is -0.490 e. The number of hydrogen-bond acceptors (Lipinski definition) is 6. The molecule has 0 spiro atoms. The zero-order valence-corrected chi connectivity index (χ0v) is 18.0. The van der Waals surface area contributed by atoms with Gasteiger partial charge in [0.1, 0.15) is 23.7 Å². The Morgan fingerprint density at radius 1 is 0.750 bits per heavy atom. The van der Waals surface area contributed by atoms with Gasteiger partial charge in [-0.15, -0.1) is 0 Å². The van der Waals surface area contributed by atoms with Crippen LogP contribution in [0, 0.1) is 0 Å². The van der Waals surface area contributed by atoms with Crippen molar-refractivity contribution in [2.45, 2.75) is 13.3 Å². The molecule has 0 bridgehead atoms. The lowest BCUT2D eigenvalue weighted by Gasteiger charge is -2.11. The van der Waals surface area contributed by atoms with Crippen LogP contribution in [0.25, 0.3) is 0 Å². The predicted molar refractivity (Wildman–Crippen MR) is 120 cm³/mol. The molecule has 166 valence electrons. The normalized spacial score (nSPS) is 10.4. The lowest BCUT2D eigenvalue weighted by atomic mass is 10.2. The second-order valence-corrected chi connectivity index (χ2v) is 6.83. The van der Waals surface area contributed by atoms with Gasteiger partial charge in [-0.2, -0.15) is 0 Å². The Kier molecular flexibility index (Phi) is 8.83. The molecule has 6 heteroatoms. The average molecular weight is 434 g/mol. The summed E-state index contributed by atoms with van der Waals surface area (Å²) in [6.45, 7) is 3.56. The number of hydrogen-bond donors (Lipinski definition) is 0. The van der Waals surface area contributed by atoms with Crippen LogP contribution in [0.5, 0.6) is 11.5 Å². The first kappa shape index (κ1) is 23.0. The topological polar surface area (TPSA) is 71.1 Å². The number of carbonyl (C=O) groups is 2. The van der Waals surface area contributed by atoms with Crippen LogP contribution in [0.1, 0.15) is 33.2 Å². The van der Waals surface area contributed by atoms with Gasteiger partial charge >= 0.3 is 11.9 Å². The van der Waals surface area contributed by atoms with Crippen LogP contribution in [-0.2, 0) is 15.9 Å². The maximum absolute atomic E-state index is 12.6. The van der Waals surface area contributed by atoms with E-state index in [4.69, 9.17) is 18.9 Å². The van der Waals surface area contributed by atoms with Gasteiger partial charge in [-0.1, -0.05) is 42.5 Å². The first-order chi connectivity index (χ1) is 15.7. The fourth-order valence-electron chi connectivity index (χ4n) is 2.93. The van der Waals surface area contributed by atoms with Crippen LogP contribution in [0.15, 0.2) is 78.9 Å². The molecule has 0 saturated carbocycles. The Bertz CT molecular complexity index is 998. The number of para-hydroxylation sites is 1. The smallest absolute Gasteiger partial charge is 0.347 e. The molecule has 0 aliphatic carbocycles. The molecule has 0 unspecified atom stereocenters. The Hall–Kier alpha value is -3.64. The highest BCUT2D eigenvalue weighted by molar-refractivity contribution is 5.94. The lowest BCUT2D eigenvalue weighted by Crippen LogP contribution is -2.13. The van der Waals surface area contributed by atoms with E-state index in [0.29, 0.717) is 55.5 Å². The van der Waals surface area contributed by atoms with E-state index in [1.807, 2.05) is 37.3 Å². The van der Waals surface area contributed by atoms with E-state index in [1.54, 1.807) is 48.5 Å². The van der Waals surface area contributed by atoms with Crippen LogP contribution < -0.4 is 9.47 Å². The number of carbonyl (C=O) groups excluding carboxylic acids is 2. The van der Waals surface area contributed by atoms with Gasteiger partial charge in [0.05, 0.1) is 18.8 Å². The molecule has 0 heterocycles. The fourth-order valence-corrected chi connectivity index (χ4v) is 2.93. The third-order valence-corrected chi connectivity index (χ3v) is 4.56. The molecule has 0 amide bonds. The van der Waals surface area contributed by atoms with Crippen LogP contribution in [0.4, 0.5) is 0 Å². The van der Waals surface area contributed by atoms with Gasteiger partial charge in [0, 0.05) is 13.0 Å². The average Bonchev–Trinajstić information content (AvgIpc) is 2.83. The molecule has 0 atom stereocenters. The summed E-state index contributed by atoms with van der Waals surface area (Å²) in [6.07, 6.45) is 0.647. The molecule has 32 heavy (non-hydrogen) atoms. The van der Waals surface area contributed by atoms with Crippen molar-refractivity contribution in [2.75, 3.05) is 26.4 Å². The quantitative estimate of drug-likeness (QED) is 0.247. The molecular weight excluding hydrogens is 408 g/mol. The summed E-state index contributed by atoms with van der Waals surface area (Å²) in [5.41, 5.74) is 1.80. The van der Waals surface area contributed by atoms with Gasteiger partial charge in [0.2, 0.25) is 0 Å². The minimum absolute atomic E-state index is 0.291. The van der Waals surface area contributed by atoms with Crippen LogP contribution in [0.3, 0.4) is 0 Å². The number of benzene rings is 3. The van der Waals surface area contributed by atoms with Crippen LogP contribution >= 0.6 is 0 Å². The second kappa shape index (κ2) is 12.3. The number of rotatable bonds is 11. The first-order valence-corrected chi connectivity index (χ1v) is 10.5. The zero-order valence-electron chi connectivity index (χ0n) is 18.0. The van der Waals surface area contributed by atoms with E-state index in [9.17, 15) is 9.59 Å². The molecule has 0 radical (unpaired) electrons.